The van der Waals surface area contributed by atoms with E-state index in [9.17, 15) is 0 Å². The van der Waals surface area contributed by atoms with Gasteiger partial charge in [0.05, 0.1) is 26.7 Å². The van der Waals surface area contributed by atoms with E-state index in [4.69, 9.17) is 14.2 Å². The molecule has 0 radical (unpaired) electrons. The summed E-state index contributed by atoms with van der Waals surface area (Å²) in [6, 6.07) is 3.86. The number of hydrogen-bond acceptors (Lipinski definition) is 7. The first kappa shape index (κ1) is 17.3. The summed E-state index contributed by atoms with van der Waals surface area (Å²) in [5, 5.41) is 4.48. The van der Waals surface area contributed by atoms with E-state index in [1.54, 1.807) is 39.0 Å². The maximum absolute atomic E-state index is 5.41. The Morgan fingerprint density at radius 2 is 1.68 bits per heavy atom. The minimum Gasteiger partial charge on any atom is -0.493 e. The first-order valence-electron chi connectivity index (χ1n) is 7.82. The average molecular weight is 359 g/mol. The highest BCUT2D eigenvalue weighted by molar-refractivity contribution is 7.18. The molecule has 0 spiro atoms. The lowest BCUT2D eigenvalue weighted by molar-refractivity contribution is 0.324. The van der Waals surface area contributed by atoms with Crippen LogP contribution in [0.2, 0.25) is 0 Å². The van der Waals surface area contributed by atoms with Crippen LogP contribution in [0.25, 0.3) is 10.2 Å². The van der Waals surface area contributed by atoms with Gasteiger partial charge in [0.15, 0.2) is 11.5 Å². The van der Waals surface area contributed by atoms with Gasteiger partial charge in [-0.3, -0.25) is 0 Å². The Morgan fingerprint density at radius 3 is 2.28 bits per heavy atom. The molecule has 2 heterocycles. The van der Waals surface area contributed by atoms with Gasteiger partial charge in [-0.15, -0.1) is 11.3 Å². The predicted octanol–water partition coefficient (Wildman–Crippen LogP) is 3.95. The van der Waals surface area contributed by atoms with Crippen molar-refractivity contribution in [3.8, 4) is 17.2 Å². The molecule has 0 saturated carbocycles. The predicted molar refractivity (Wildman–Crippen MR) is 100 cm³/mol. The lowest BCUT2D eigenvalue weighted by atomic mass is 10.1. The topological polar surface area (TPSA) is 65.5 Å². The van der Waals surface area contributed by atoms with Crippen LogP contribution in [0.4, 0.5) is 5.82 Å². The fourth-order valence-corrected chi connectivity index (χ4v) is 3.74. The molecule has 3 aromatic rings. The van der Waals surface area contributed by atoms with E-state index in [-0.39, 0.29) is 0 Å². The minimum absolute atomic E-state index is 0.581. The summed E-state index contributed by atoms with van der Waals surface area (Å²) in [6.07, 6.45) is 1.59. The number of rotatable bonds is 6. The van der Waals surface area contributed by atoms with Crippen LogP contribution >= 0.6 is 11.3 Å². The summed E-state index contributed by atoms with van der Waals surface area (Å²) in [7, 11) is 4.82. The maximum atomic E-state index is 5.41. The number of nitrogens with zero attached hydrogens (tertiary/aromatic N) is 2. The van der Waals surface area contributed by atoms with Gasteiger partial charge < -0.3 is 19.5 Å². The second kappa shape index (κ2) is 7.14. The van der Waals surface area contributed by atoms with Gasteiger partial charge in [-0.05, 0) is 37.1 Å². The molecule has 0 fully saturated rings. The molecule has 132 valence electrons. The van der Waals surface area contributed by atoms with Gasteiger partial charge in [0.1, 0.15) is 17.0 Å². The van der Waals surface area contributed by atoms with Gasteiger partial charge in [0.2, 0.25) is 5.75 Å². The maximum Gasteiger partial charge on any atom is 0.203 e. The Labute approximate surface area is 150 Å². The van der Waals surface area contributed by atoms with E-state index in [1.807, 2.05) is 12.1 Å². The number of methoxy groups -OCH3 is 3. The summed E-state index contributed by atoms with van der Waals surface area (Å²) in [6.45, 7) is 4.78. The Balaban J connectivity index is 1.92. The quantitative estimate of drug-likeness (QED) is 0.719. The van der Waals surface area contributed by atoms with Crippen molar-refractivity contribution in [2.75, 3.05) is 26.6 Å². The zero-order chi connectivity index (χ0) is 18.0. The highest BCUT2D eigenvalue weighted by Crippen LogP contribution is 2.38. The average Bonchev–Trinajstić information content (AvgIpc) is 2.93. The molecule has 0 amide bonds. The molecule has 7 heteroatoms. The number of ether oxygens (including phenoxy) is 3. The summed E-state index contributed by atoms with van der Waals surface area (Å²) in [5.41, 5.74) is 2.22. The van der Waals surface area contributed by atoms with Gasteiger partial charge in [-0.25, -0.2) is 9.97 Å². The standard InChI is InChI=1S/C18H21N3O3S/c1-10-11(2)25-18-15(10)17(20-9-21-18)19-8-12-6-13(22-3)16(24-5)14(7-12)23-4/h6-7,9H,8H2,1-5H3,(H,19,20,21). The van der Waals surface area contributed by atoms with Gasteiger partial charge in [0.25, 0.3) is 0 Å². The molecule has 0 aliphatic heterocycles. The van der Waals surface area contributed by atoms with Crippen LogP contribution in [0.3, 0.4) is 0 Å². The number of fused-ring (bicyclic) bond motifs is 1. The van der Waals surface area contributed by atoms with E-state index in [0.29, 0.717) is 23.8 Å². The Kier molecular flexibility index (Phi) is 4.94. The van der Waals surface area contributed by atoms with Crippen LogP contribution in [-0.2, 0) is 6.54 Å². The zero-order valence-electron chi connectivity index (χ0n) is 15.0. The fraction of sp³-hybridized carbons (Fsp3) is 0.333. The van der Waals surface area contributed by atoms with Crippen molar-refractivity contribution in [2.24, 2.45) is 0 Å². The van der Waals surface area contributed by atoms with Crippen molar-refractivity contribution < 1.29 is 14.2 Å². The molecule has 0 aliphatic rings. The number of aryl methyl sites for hydroxylation is 2. The van der Waals surface area contributed by atoms with Crippen molar-refractivity contribution in [2.45, 2.75) is 20.4 Å². The second-order valence-electron chi connectivity index (χ2n) is 5.57. The highest BCUT2D eigenvalue weighted by Gasteiger charge is 2.15. The molecular weight excluding hydrogens is 338 g/mol. The van der Waals surface area contributed by atoms with E-state index in [0.717, 1.165) is 21.6 Å². The number of hydrogen-bond donors (Lipinski definition) is 1. The normalized spacial score (nSPS) is 10.8. The van der Waals surface area contributed by atoms with Crippen molar-refractivity contribution in [3.63, 3.8) is 0 Å². The molecule has 0 bridgehead atoms. The van der Waals surface area contributed by atoms with Gasteiger partial charge in [-0.2, -0.15) is 0 Å². The third-order valence-electron chi connectivity index (χ3n) is 4.15. The fourth-order valence-electron chi connectivity index (χ4n) is 2.74. The number of benzene rings is 1. The van der Waals surface area contributed by atoms with Gasteiger partial charge >= 0.3 is 0 Å². The van der Waals surface area contributed by atoms with E-state index in [2.05, 4.69) is 29.1 Å². The molecule has 6 nitrogen and oxygen atoms in total. The first-order valence-corrected chi connectivity index (χ1v) is 8.64. The highest BCUT2D eigenvalue weighted by atomic mass is 32.1. The third kappa shape index (κ3) is 3.19. The number of anilines is 1. The van der Waals surface area contributed by atoms with Gasteiger partial charge in [0, 0.05) is 11.4 Å². The summed E-state index contributed by atoms with van der Waals surface area (Å²) < 4.78 is 16.2. The van der Waals surface area contributed by atoms with Crippen molar-refractivity contribution in [1.82, 2.24) is 9.97 Å². The van der Waals surface area contributed by atoms with E-state index < -0.39 is 0 Å². The van der Waals surface area contributed by atoms with E-state index >= 15 is 0 Å². The van der Waals surface area contributed by atoms with Crippen LogP contribution in [-0.4, -0.2) is 31.3 Å². The smallest absolute Gasteiger partial charge is 0.203 e. The zero-order valence-corrected chi connectivity index (χ0v) is 15.8. The van der Waals surface area contributed by atoms with Crippen LogP contribution in [0, 0.1) is 13.8 Å². The van der Waals surface area contributed by atoms with Gasteiger partial charge in [-0.1, -0.05) is 0 Å². The number of nitrogens with one attached hydrogen (secondary N) is 1. The third-order valence-corrected chi connectivity index (χ3v) is 5.27. The second-order valence-corrected chi connectivity index (χ2v) is 6.78. The first-order chi connectivity index (χ1) is 12.1. The summed E-state index contributed by atoms with van der Waals surface area (Å²) >= 11 is 1.68. The molecule has 1 N–H and O–H groups in total. The summed E-state index contributed by atoms with van der Waals surface area (Å²) in [5.74, 6) is 2.69. The minimum atomic E-state index is 0.581. The molecule has 0 unspecified atom stereocenters. The molecule has 2 aromatic heterocycles. The Hall–Kier alpha value is -2.54. The molecule has 0 saturated heterocycles. The molecule has 0 atom stereocenters. The molecule has 1 aromatic carbocycles. The SMILES string of the molecule is COc1cc(CNc2ncnc3sc(C)c(C)c23)cc(OC)c1OC. The Bertz CT molecular complexity index is 883. The Morgan fingerprint density at radius 1 is 1.00 bits per heavy atom. The largest absolute Gasteiger partial charge is 0.493 e. The molecular formula is C18H21N3O3S. The monoisotopic (exact) mass is 359 g/mol. The van der Waals surface area contributed by atoms with Crippen molar-refractivity contribution in [3.05, 3.63) is 34.5 Å². The van der Waals surface area contributed by atoms with Crippen molar-refractivity contribution in [1.29, 1.82) is 0 Å². The lowest BCUT2D eigenvalue weighted by Gasteiger charge is -2.15. The van der Waals surface area contributed by atoms with Crippen LogP contribution in [0.15, 0.2) is 18.5 Å². The van der Waals surface area contributed by atoms with Crippen LogP contribution in [0.1, 0.15) is 16.0 Å². The number of aromatic nitrogens is 2. The number of thiophene rings is 1. The molecule has 0 aliphatic carbocycles. The molecule has 3 rings (SSSR count). The van der Waals surface area contributed by atoms with Crippen LogP contribution in [0.5, 0.6) is 17.2 Å². The van der Waals surface area contributed by atoms with E-state index in [1.165, 1.54) is 10.4 Å². The summed E-state index contributed by atoms with van der Waals surface area (Å²) in [4.78, 5) is 11.0. The van der Waals surface area contributed by atoms with Crippen molar-refractivity contribution >= 4 is 27.4 Å². The lowest BCUT2D eigenvalue weighted by Crippen LogP contribution is -2.04. The van der Waals surface area contributed by atoms with Crippen LogP contribution < -0.4 is 19.5 Å². The molecule has 25 heavy (non-hydrogen) atoms.